The number of carbonyl (C=O) groups is 1. The van der Waals surface area contributed by atoms with E-state index in [9.17, 15) is 9.90 Å². The third-order valence-electron chi connectivity index (χ3n) is 3.74. The second-order valence-corrected chi connectivity index (χ2v) is 5.63. The number of aryl methyl sites for hydroxylation is 1. The highest BCUT2D eigenvalue weighted by Gasteiger charge is 2.14. The summed E-state index contributed by atoms with van der Waals surface area (Å²) in [6.07, 6.45) is 1.71. The van der Waals surface area contributed by atoms with E-state index in [4.69, 9.17) is 16.3 Å². The second kappa shape index (κ2) is 5.89. The van der Waals surface area contributed by atoms with Crippen LogP contribution < -0.4 is 4.74 Å². The van der Waals surface area contributed by atoms with Crippen LogP contribution in [0, 0.1) is 6.92 Å². The number of benzene rings is 2. The first-order valence-electron chi connectivity index (χ1n) is 6.98. The van der Waals surface area contributed by atoms with Gasteiger partial charge in [-0.05, 0) is 54.4 Å². The Morgan fingerprint density at radius 3 is 2.65 bits per heavy atom. The molecule has 5 heteroatoms. The lowest BCUT2D eigenvalue weighted by Gasteiger charge is -2.13. The lowest BCUT2D eigenvalue weighted by molar-refractivity contribution is 0.0697. The Labute approximate surface area is 138 Å². The maximum atomic E-state index is 11.3. The molecule has 3 rings (SSSR count). The lowest BCUT2D eigenvalue weighted by atomic mass is 9.97. The zero-order valence-corrected chi connectivity index (χ0v) is 13.4. The van der Waals surface area contributed by atoms with Gasteiger partial charge in [0.05, 0.1) is 18.2 Å². The fourth-order valence-corrected chi connectivity index (χ4v) is 2.84. The number of carboxylic acid groups (broad SMARTS) is 1. The Hall–Kier alpha value is -2.59. The Morgan fingerprint density at radius 2 is 1.96 bits per heavy atom. The number of methoxy groups -OCH3 is 1. The maximum absolute atomic E-state index is 11.3. The molecule has 2 aromatic carbocycles. The Morgan fingerprint density at radius 1 is 1.17 bits per heavy atom. The number of halogens is 1. The summed E-state index contributed by atoms with van der Waals surface area (Å²) in [4.78, 5) is 15.7. The summed E-state index contributed by atoms with van der Waals surface area (Å²) in [6.45, 7) is 1.85. The average Bonchev–Trinajstić information content (AvgIpc) is 2.54. The number of aromatic carboxylic acids is 1. The first-order chi connectivity index (χ1) is 11.0. The van der Waals surface area contributed by atoms with Gasteiger partial charge in [0.25, 0.3) is 0 Å². The number of ether oxygens (including phenoxy) is 1. The first-order valence-corrected chi connectivity index (χ1v) is 7.35. The molecule has 116 valence electrons. The number of carboxylic acids is 1. The molecule has 0 saturated carbocycles. The van der Waals surface area contributed by atoms with Gasteiger partial charge >= 0.3 is 5.97 Å². The van der Waals surface area contributed by atoms with Gasteiger partial charge < -0.3 is 9.84 Å². The van der Waals surface area contributed by atoms with Crippen molar-refractivity contribution in [3.8, 4) is 16.9 Å². The van der Waals surface area contributed by atoms with E-state index in [2.05, 4.69) is 4.98 Å². The maximum Gasteiger partial charge on any atom is 0.335 e. The average molecular weight is 328 g/mol. The summed E-state index contributed by atoms with van der Waals surface area (Å²) < 4.78 is 5.42. The van der Waals surface area contributed by atoms with E-state index in [1.165, 1.54) is 0 Å². The number of fused-ring (bicyclic) bond motifs is 1. The minimum absolute atomic E-state index is 0.234. The van der Waals surface area contributed by atoms with E-state index in [0.29, 0.717) is 10.8 Å². The SMILES string of the molecule is COc1cc(Cl)ccc1-c1ccnc2c(C)cc(C(=O)O)cc12. The van der Waals surface area contributed by atoms with Gasteiger partial charge in [-0.3, -0.25) is 4.98 Å². The molecule has 1 aromatic heterocycles. The highest BCUT2D eigenvalue weighted by molar-refractivity contribution is 6.30. The van der Waals surface area contributed by atoms with Gasteiger partial charge in [-0.25, -0.2) is 4.79 Å². The number of pyridine rings is 1. The highest BCUT2D eigenvalue weighted by Crippen LogP contribution is 2.37. The lowest BCUT2D eigenvalue weighted by Crippen LogP contribution is -1.99. The minimum Gasteiger partial charge on any atom is -0.496 e. The topological polar surface area (TPSA) is 59.4 Å². The molecule has 0 aliphatic carbocycles. The first kappa shape index (κ1) is 15.3. The summed E-state index contributed by atoms with van der Waals surface area (Å²) in [5, 5.41) is 10.6. The van der Waals surface area contributed by atoms with Crippen LogP contribution in [0.2, 0.25) is 5.02 Å². The molecule has 0 saturated heterocycles. The van der Waals surface area contributed by atoms with E-state index in [0.717, 1.165) is 27.6 Å². The molecule has 0 amide bonds. The second-order valence-electron chi connectivity index (χ2n) is 5.20. The van der Waals surface area contributed by atoms with Crippen LogP contribution in [0.15, 0.2) is 42.6 Å². The van der Waals surface area contributed by atoms with Gasteiger partial charge in [0.1, 0.15) is 5.75 Å². The monoisotopic (exact) mass is 327 g/mol. The van der Waals surface area contributed by atoms with Crippen molar-refractivity contribution in [1.29, 1.82) is 0 Å². The number of hydrogen-bond donors (Lipinski definition) is 1. The van der Waals surface area contributed by atoms with E-state index < -0.39 is 5.97 Å². The molecule has 0 bridgehead atoms. The van der Waals surface area contributed by atoms with E-state index in [1.807, 2.05) is 19.1 Å². The van der Waals surface area contributed by atoms with Crippen LogP contribution in [-0.4, -0.2) is 23.2 Å². The Bertz CT molecular complexity index is 922. The number of aromatic nitrogens is 1. The summed E-state index contributed by atoms with van der Waals surface area (Å²) in [5.41, 5.74) is 3.51. The van der Waals surface area contributed by atoms with Crippen LogP contribution in [0.1, 0.15) is 15.9 Å². The van der Waals surface area contributed by atoms with Crippen LogP contribution in [-0.2, 0) is 0 Å². The van der Waals surface area contributed by atoms with Crippen molar-refractivity contribution in [3.63, 3.8) is 0 Å². The standard InChI is InChI=1S/C18H14ClNO3/c1-10-7-11(18(21)22)8-15-13(5-6-20-17(10)15)14-4-3-12(19)9-16(14)23-2/h3-9H,1-2H3,(H,21,22). The summed E-state index contributed by atoms with van der Waals surface area (Å²) in [5.74, 6) is -0.337. The molecule has 0 atom stereocenters. The molecule has 4 nitrogen and oxygen atoms in total. The third kappa shape index (κ3) is 2.73. The molecule has 23 heavy (non-hydrogen) atoms. The molecular weight excluding hydrogens is 314 g/mol. The van der Waals surface area contributed by atoms with Crippen LogP contribution in [0.4, 0.5) is 0 Å². The Balaban J connectivity index is 2.36. The van der Waals surface area contributed by atoms with Crippen molar-refractivity contribution in [1.82, 2.24) is 4.98 Å². The van der Waals surface area contributed by atoms with E-state index >= 15 is 0 Å². The summed E-state index contributed by atoms with van der Waals surface area (Å²) >= 11 is 6.02. The van der Waals surface area contributed by atoms with Crippen LogP contribution in [0.25, 0.3) is 22.0 Å². The summed E-state index contributed by atoms with van der Waals surface area (Å²) in [6, 6.07) is 10.5. The van der Waals surface area contributed by atoms with Crippen molar-refractivity contribution < 1.29 is 14.6 Å². The molecule has 0 aliphatic rings. The zero-order chi connectivity index (χ0) is 16.6. The van der Waals surface area contributed by atoms with E-state index in [-0.39, 0.29) is 5.56 Å². The molecule has 0 spiro atoms. The molecule has 0 radical (unpaired) electrons. The molecule has 0 unspecified atom stereocenters. The van der Waals surface area contributed by atoms with Crippen molar-refractivity contribution in [3.05, 3.63) is 58.7 Å². The number of nitrogens with zero attached hydrogens (tertiary/aromatic N) is 1. The van der Waals surface area contributed by atoms with Gasteiger partial charge in [0.15, 0.2) is 0 Å². The van der Waals surface area contributed by atoms with Gasteiger partial charge in [-0.1, -0.05) is 11.6 Å². The summed E-state index contributed by atoms with van der Waals surface area (Å²) in [7, 11) is 1.58. The van der Waals surface area contributed by atoms with Crippen molar-refractivity contribution in [2.24, 2.45) is 0 Å². The quantitative estimate of drug-likeness (QED) is 0.765. The smallest absolute Gasteiger partial charge is 0.335 e. The molecule has 3 aromatic rings. The molecule has 1 heterocycles. The molecule has 1 N–H and O–H groups in total. The highest BCUT2D eigenvalue weighted by atomic mass is 35.5. The number of rotatable bonds is 3. The largest absolute Gasteiger partial charge is 0.496 e. The molecule has 0 fully saturated rings. The number of hydrogen-bond acceptors (Lipinski definition) is 3. The fourth-order valence-electron chi connectivity index (χ4n) is 2.68. The van der Waals surface area contributed by atoms with Gasteiger partial charge in [-0.2, -0.15) is 0 Å². The molecule has 0 aliphatic heterocycles. The van der Waals surface area contributed by atoms with Crippen molar-refractivity contribution >= 4 is 28.5 Å². The zero-order valence-electron chi connectivity index (χ0n) is 12.6. The van der Waals surface area contributed by atoms with Crippen LogP contribution in [0.3, 0.4) is 0 Å². The van der Waals surface area contributed by atoms with E-state index in [1.54, 1.807) is 37.6 Å². The fraction of sp³-hybridized carbons (Fsp3) is 0.111. The third-order valence-corrected chi connectivity index (χ3v) is 3.97. The normalized spacial score (nSPS) is 10.7. The van der Waals surface area contributed by atoms with Crippen molar-refractivity contribution in [2.75, 3.05) is 7.11 Å². The van der Waals surface area contributed by atoms with Gasteiger partial charge in [-0.15, -0.1) is 0 Å². The van der Waals surface area contributed by atoms with Crippen LogP contribution in [0.5, 0.6) is 5.75 Å². The minimum atomic E-state index is -0.965. The molecular formula is C18H14ClNO3. The predicted molar refractivity (Wildman–Crippen MR) is 90.4 cm³/mol. The predicted octanol–water partition coefficient (Wildman–Crippen LogP) is 4.57. The van der Waals surface area contributed by atoms with Crippen molar-refractivity contribution in [2.45, 2.75) is 6.92 Å². The Kier molecular flexibility index (Phi) is 3.92. The van der Waals surface area contributed by atoms with Gasteiger partial charge in [0, 0.05) is 22.2 Å². The van der Waals surface area contributed by atoms with Gasteiger partial charge in [0.2, 0.25) is 0 Å². The van der Waals surface area contributed by atoms with Crippen LogP contribution >= 0.6 is 11.6 Å².